The third-order valence-corrected chi connectivity index (χ3v) is 5.89. The molecule has 1 aliphatic heterocycles. The van der Waals surface area contributed by atoms with E-state index in [1.165, 1.54) is 30.0 Å². The molecule has 3 aromatic carbocycles. The Morgan fingerprint density at radius 2 is 1.94 bits per heavy atom. The zero-order valence-electron chi connectivity index (χ0n) is 17.3. The number of thioether (sulfide) groups is 1. The first-order valence-electron chi connectivity index (χ1n) is 9.89. The van der Waals surface area contributed by atoms with E-state index in [1.54, 1.807) is 54.6 Å². The van der Waals surface area contributed by atoms with Crippen LogP contribution in [-0.2, 0) is 9.59 Å². The van der Waals surface area contributed by atoms with Gasteiger partial charge in [-0.25, -0.2) is 9.38 Å². The zero-order chi connectivity index (χ0) is 24.1. The van der Waals surface area contributed by atoms with E-state index >= 15 is 0 Å². The second kappa shape index (κ2) is 10.7. The normalized spacial score (nSPS) is 15.4. The van der Waals surface area contributed by atoms with Gasteiger partial charge in [0.05, 0.1) is 21.3 Å². The van der Waals surface area contributed by atoms with Crippen molar-refractivity contribution in [3.05, 3.63) is 93.1 Å². The number of amides is 2. The highest BCUT2D eigenvalue weighted by Crippen LogP contribution is 2.31. The minimum atomic E-state index is -0.541. The van der Waals surface area contributed by atoms with Crippen molar-refractivity contribution in [3.8, 4) is 5.75 Å². The first kappa shape index (κ1) is 23.8. The van der Waals surface area contributed by atoms with E-state index in [9.17, 15) is 14.0 Å². The molecule has 172 valence electrons. The van der Waals surface area contributed by atoms with E-state index in [0.717, 1.165) is 0 Å². The number of anilines is 1. The number of aliphatic imine (C=N–C) groups is 1. The van der Waals surface area contributed by atoms with E-state index in [1.807, 2.05) is 0 Å². The van der Waals surface area contributed by atoms with Gasteiger partial charge in [0.2, 0.25) is 0 Å². The van der Waals surface area contributed by atoms with Crippen LogP contribution in [0.3, 0.4) is 0 Å². The van der Waals surface area contributed by atoms with Crippen LogP contribution in [-0.4, -0.2) is 23.6 Å². The number of ether oxygens (including phenoxy) is 1. The number of nitrogens with one attached hydrogen (secondary N) is 2. The second-order valence-corrected chi connectivity index (χ2v) is 8.84. The molecule has 34 heavy (non-hydrogen) atoms. The number of hydrogen-bond donors (Lipinski definition) is 2. The Balaban J connectivity index is 1.39. The highest BCUT2D eigenvalue weighted by Gasteiger charge is 2.24. The molecular formula is C24H16Cl2FN3O3S. The highest BCUT2D eigenvalue weighted by molar-refractivity contribution is 8.18. The Morgan fingerprint density at radius 3 is 2.71 bits per heavy atom. The van der Waals surface area contributed by atoms with Crippen molar-refractivity contribution in [1.82, 2.24) is 5.32 Å². The third kappa shape index (κ3) is 6.17. The van der Waals surface area contributed by atoms with Gasteiger partial charge in [-0.3, -0.25) is 9.59 Å². The molecule has 0 bridgehead atoms. The number of carbonyl (C=O) groups is 2. The smallest absolute Gasteiger partial charge is 0.264 e. The maximum atomic E-state index is 13.6. The molecule has 2 N–H and O–H groups in total. The average molecular weight is 516 g/mol. The third-order valence-electron chi connectivity index (χ3n) is 4.45. The molecule has 4 rings (SSSR count). The van der Waals surface area contributed by atoms with E-state index < -0.39 is 11.7 Å². The molecule has 3 aromatic rings. The van der Waals surface area contributed by atoms with E-state index in [0.29, 0.717) is 26.3 Å². The van der Waals surface area contributed by atoms with Crippen molar-refractivity contribution in [3.63, 3.8) is 0 Å². The average Bonchev–Trinajstić information content (AvgIpc) is 3.13. The van der Waals surface area contributed by atoms with Crippen LogP contribution in [0.25, 0.3) is 6.08 Å². The molecule has 1 fully saturated rings. The van der Waals surface area contributed by atoms with Crippen LogP contribution in [0.2, 0.25) is 10.0 Å². The molecule has 0 radical (unpaired) electrons. The molecule has 0 aliphatic carbocycles. The number of amidine groups is 1. The fourth-order valence-corrected chi connectivity index (χ4v) is 4.18. The molecule has 0 aromatic heterocycles. The van der Waals surface area contributed by atoms with E-state index in [2.05, 4.69) is 15.6 Å². The molecule has 0 atom stereocenters. The quantitative estimate of drug-likeness (QED) is 0.392. The number of para-hydroxylation sites is 1. The van der Waals surface area contributed by atoms with Gasteiger partial charge >= 0.3 is 0 Å². The van der Waals surface area contributed by atoms with Gasteiger partial charge < -0.3 is 15.4 Å². The number of rotatable bonds is 6. The summed E-state index contributed by atoms with van der Waals surface area (Å²) in [6, 6.07) is 17.7. The predicted molar refractivity (Wildman–Crippen MR) is 134 cm³/mol. The lowest BCUT2D eigenvalue weighted by atomic mass is 10.2. The van der Waals surface area contributed by atoms with E-state index in [4.69, 9.17) is 27.9 Å². The van der Waals surface area contributed by atoms with Gasteiger partial charge in [0, 0.05) is 5.02 Å². The number of carbonyl (C=O) groups excluding carboxylic acids is 2. The maximum absolute atomic E-state index is 13.6. The molecule has 6 nitrogen and oxygen atoms in total. The first-order chi connectivity index (χ1) is 16.4. The van der Waals surface area contributed by atoms with Crippen molar-refractivity contribution in [1.29, 1.82) is 0 Å². The summed E-state index contributed by atoms with van der Waals surface area (Å²) in [6.45, 7) is -0.351. The lowest BCUT2D eigenvalue weighted by Gasteiger charge is -2.10. The molecule has 10 heteroatoms. The number of benzene rings is 3. The van der Waals surface area contributed by atoms with Crippen molar-refractivity contribution in [2.75, 3.05) is 11.9 Å². The first-order valence-corrected chi connectivity index (χ1v) is 11.5. The fraction of sp³-hybridized carbons (Fsp3) is 0.0417. The van der Waals surface area contributed by atoms with Crippen LogP contribution in [0.15, 0.2) is 76.6 Å². The Hall–Kier alpha value is -3.33. The minimum absolute atomic E-state index is 0.0646. The Kier molecular flexibility index (Phi) is 7.52. The summed E-state index contributed by atoms with van der Waals surface area (Å²) in [5, 5.41) is 6.38. The summed E-state index contributed by atoms with van der Waals surface area (Å²) in [5.74, 6) is -1.08. The highest BCUT2D eigenvalue weighted by atomic mass is 35.5. The fourth-order valence-electron chi connectivity index (χ4n) is 2.91. The molecule has 0 saturated carbocycles. The summed E-state index contributed by atoms with van der Waals surface area (Å²) in [4.78, 5) is 29.2. The van der Waals surface area contributed by atoms with Crippen LogP contribution < -0.4 is 15.4 Å². The molecule has 1 aliphatic rings. The van der Waals surface area contributed by atoms with Gasteiger partial charge in [-0.2, -0.15) is 0 Å². The molecule has 1 heterocycles. The van der Waals surface area contributed by atoms with Crippen LogP contribution in [0.4, 0.5) is 15.8 Å². The summed E-state index contributed by atoms with van der Waals surface area (Å²) < 4.78 is 19.1. The number of hydrogen-bond acceptors (Lipinski definition) is 5. The van der Waals surface area contributed by atoms with Crippen LogP contribution >= 0.6 is 35.0 Å². The largest absolute Gasteiger partial charge is 0.482 e. The second-order valence-electron chi connectivity index (χ2n) is 6.97. The van der Waals surface area contributed by atoms with Crippen LogP contribution in [0.1, 0.15) is 5.56 Å². The van der Waals surface area contributed by atoms with Crippen LogP contribution in [0.5, 0.6) is 5.75 Å². The van der Waals surface area contributed by atoms with Gasteiger partial charge in [0.1, 0.15) is 11.6 Å². The lowest BCUT2D eigenvalue weighted by molar-refractivity contribution is -0.118. The molecule has 0 spiro atoms. The van der Waals surface area contributed by atoms with Gasteiger partial charge in [-0.1, -0.05) is 47.5 Å². The van der Waals surface area contributed by atoms with Gasteiger partial charge in [0.15, 0.2) is 11.8 Å². The molecule has 1 saturated heterocycles. The number of halogens is 3. The van der Waals surface area contributed by atoms with Crippen molar-refractivity contribution in [2.45, 2.75) is 0 Å². The van der Waals surface area contributed by atoms with Crippen molar-refractivity contribution in [2.24, 2.45) is 4.99 Å². The topological polar surface area (TPSA) is 79.8 Å². The van der Waals surface area contributed by atoms with Crippen molar-refractivity contribution < 1.29 is 18.7 Å². The summed E-state index contributed by atoms with van der Waals surface area (Å²) >= 11 is 13.4. The SMILES string of the molecule is O=C(COc1ccc(/C=C2\SC(=Nc3cccc(Cl)c3)NC2=O)cc1Cl)Nc1ccccc1F. The monoisotopic (exact) mass is 515 g/mol. The summed E-state index contributed by atoms with van der Waals surface area (Å²) in [5.41, 5.74) is 1.35. The van der Waals surface area contributed by atoms with Crippen molar-refractivity contribution >= 4 is 69.4 Å². The zero-order valence-corrected chi connectivity index (χ0v) is 19.7. The van der Waals surface area contributed by atoms with Gasteiger partial charge in [-0.15, -0.1) is 0 Å². The minimum Gasteiger partial charge on any atom is -0.482 e. The Morgan fingerprint density at radius 1 is 1.12 bits per heavy atom. The molecular weight excluding hydrogens is 500 g/mol. The van der Waals surface area contributed by atoms with Crippen LogP contribution in [0, 0.1) is 5.82 Å². The van der Waals surface area contributed by atoms with Gasteiger partial charge in [-0.05, 0) is 65.9 Å². The Bertz CT molecular complexity index is 1330. The summed E-state index contributed by atoms with van der Waals surface area (Å²) in [6.07, 6.45) is 1.67. The predicted octanol–water partition coefficient (Wildman–Crippen LogP) is 6.04. The maximum Gasteiger partial charge on any atom is 0.264 e. The standard InChI is InChI=1S/C24H16Cl2FN3O3S/c25-15-4-3-5-16(12-15)28-24-30-23(32)21(34-24)11-14-8-9-20(17(26)10-14)33-13-22(31)29-19-7-2-1-6-18(19)27/h1-12H,13H2,(H,29,31)(H,28,30,32)/b21-11-. The molecule has 0 unspecified atom stereocenters. The van der Waals surface area contributed by atoms with E-state index in [-0.39, 0.29) is 29.0 Å². The Labute approximate surface area is 208 Å². The lowest BCUT2D eigenvalue weighted by Crippen LogP contribution is -2.20. The molecule has 2 amide bonds. The number of nitrogens with zero attached hydrogens (tertiary/aromatic N) is 1. The van der Waals surface area contributed by atoms with Gasteiger partial charge in [0.25, 0.3) is 11.8 Å². The summed E-state index contributed by atoms with van der Waals surface area (Å²) in [7, 11) is 0.